The van der Waals surface area contributed by atoms with Crippen LogP contribution in [0.15, 0.2) is 51.7 Å². The Bertz CT molecular complexity index is 918. The first-order valence-corrected chi connectivity index (χ1v) is 9.40. The van der Waals surface area contributed by atoms with Gasteiger partial charge in [0.1, 0.15) is 4.70 Å². The van der Waals surface area contributed by atoms with Crippen LogP contribution in [0.5, 0.6) is 0 Å². The fourth-order valence-electron chi connectivity index (χ4n) is 2.41. The lowest BCUT2D eigenvalue weighted by Crippen LogP contribution is -2.32. The van der Waals surface area contributed by atoms with Gasteiger partial charge in [0.05, 0.1) is 11.3 Å². The van der Waals surface area contributed by atoms with Crippen molar-refractivity contribution in [3.8, 4) is 0 Å². The van der Waals surface area contributed by atoms with E-state index in [9.17, 15) is 9.59 Å². The molecule has 0 aliphatic heterocycles. The van der Waals surface area contributed by atoms with E-state index >= 15 is 0 Å². The van der Waals surface area contributed by atoms with E-state index in [2.05, 4.69) is 4.98 Å². The normalized spacial score (nSPS) is 10.9. The Balaban J connectivity index is 1.79. The van der Waals surface area contributed by atoms with Crippen molar-refractivity contribution >= 4 is 44.9 Å². The van der Waals surface area contributed by atoms with Gasteiger partial charge in [-0.3, -0.25) is 14.2 Å². The zero-order valence-electron chi connectivity index (χ0n) is 13.4. The Kier molecular flexibility index (Phi) is 5.01. The van der Waals surface area contributed by atoms with Crippen LogP contribution in [0, 0.1) is 0 Å². The van der Waals surface area contributed by atoms with Gasteiger partial charge >= 0.3 is 0 Å². The van der Waals surface area contributed by atoms with E-state index in [4.69, 9.17) is 0 Å². The minimum Gasteiger partial charge on any atom is -0.312 e. The van der Waals surface area contributed by atoms with Crippen LogP contribution in [0.4, 0.5) is 5.69 Å². The second kappa shape index (κ2) is 7.19. The molecule has 0 fully saturated rings. The number of hydrogen-bond donors (Lipinski definition) is 0. The minimum atomic E-state index is -0.0691. The highest BCUT2D eigenvalue weighted by Crippen LogP contribution is 2.21. The summed E-state index contributed by atoms with van der Waals surface area (Å²) in [5.74, 6) is 0.229. The number of carbonyl (C=O) groups is 1. The molecule has 0 saturated carbocycles. The summed E-state index contributed by atoms with van der Waals surface area (Å²) in [6.07, 6.45) is 0. The van der Waals surface area contributed by atoms with E-state index in [0.29, 0.717) is 21.9 Å². The van der Waals surface area contributed by atoms with E-state index in [0.717, 1.165) is 5.69 Å². The van der Waals surface area contributed by atoms with Gasteiger partial charge in [-0.05, 0) is 30.5 Å². The van der Waals surface area contributed by atoms with Crippen LogP contribution in [0.3, 0.4) is 0 Å². The van der Waals surface area contributed by atoms with Crippen molar-refractivity contribution in [3.05, 3.63) is 52.1 Å². The molecule has 1 aromatic carbocycles. The molecule has 2 aromatic heterocycles. The molecule has 3 rings (SSSR count). The first-order valence-electron chi connectivity index (χ1n) is 7.54. The van der Waals surface area contributed by atoms with Gasteiger partial charge in [-0.2, -0.15) is 0 Å². The molecule has 0 radical (unpaired) electrons. The highest BCUT2D eigenvalue weighted by molar-refractivity contribution is 7.99. The number of carbonyl (C=O) groups excluding carboxylic acids is 1. The Morgan fingerprint density at radius 1 is 1.29 bits per heavy atom. The third-order valence-corrected chi connectivity index (χ3v) is 5.56. The van der Waals surface area contributed by atoms with Crippen LogP contribution in [-0.4, -0.2) is 27.8 Å². The molecule has 7 heteroatoms. The Hall–Kier alpha value is -2.12. The van der Waals surface area contributed by atoms with Crippen molar-refractivity contribution in [2.75, 3.05) is 17.2 Å². The molecule has 0 spiro atoms. The summed E-state index contributed by atoms with van der Waals surface area (Å²) in [4.78, 5) is 31.1. The fraction of sp³-hybridized carbons (Fsp3) is 0.235. The zero-order chi connectivity index (χ0) is 17.1. The van der Waals surface area contributed by atoms with Crippen LogP contribution < -0.4 is 10.5 Å². The minimum absolute atomic E-state index is 0.00614. The van der Waals surface area contributed by atoms with Crippen molar-refractivity contribution in [1.29, 1.82) is 0 Å². The summed E-state index contributed by atoms with van der Waals surface area (Å²) in [5, 5.41) is 2.41. The maximum Gasteiger partial charge on any atom is 0.271 e. The zero-order valence-corrected chi connectivity index (χ0v) is 15.1. The van der Waals surface area contributed by atoms with Gasteiger partial charge in [0, 0.05) is 19.3 Å². The summed E-state index contributed by atoms with van der Waals surface area (Å²) < 4.78 is 2.16. The quantitative estimate of drug-likeness (QED) is 0.519. The third kappa shape index (κ3) is 3.22. The second-order valence-electron chi connectivity index (χ2n) is 5.16. The molecule has 0 N–H and O–H groups in total. The first kappa shape index (κ1) is 16.7. The molecule has 24 heavy (non-hydrogen) atoms. The highest BCUT2D eigenvalue weighted by atomic mass is 32.2. The van der Waals surface area contributed by atoms with E-state index in [1.807, 2.05) is 48.7 Å². The monoisotopic (exact) mass is 359 g/mol. The number of para-hydroxylation sites is 1. The van der Waals surface area contributed by atoms with Crippen molar-refractivity contribution < 1.29 is 4.79 Å². The van der Waals surface area contributed by atoms with Crippen LogP contribution in [0.2, 0.25) is 0 Å². The van der Waals surface area contributed by atoms with Gasteiger partial charge in [0.25, 0.3) is 5.56 Å². The molecule has 3 aromatic rings. The van der Waals surface area contributed by atoms with E-state index in [1.165, 1.54) is 27.7 Å². The van der Waals surface area contributed by atoms with Crippen LogP contribution in [-0.2, 0) is 11.8 Å². The number of aromatic nitrogens is 2. The fourth-order valence-corrected chi connectivity index (χ4v) is 4.07. The van der Waals surface area contributed by atoms with Crippen LogP contribution >= 0.6 is 23.1 Å². The van der Waals surface area contributed by atoms with Gasteiger partial charge < -0.3 is 4.90 Å². The number of thioether (sulfide) groups is 1. The van der Waals surface area contributed by atoms with Gasteiger partial charge in [-0.25, -0.2) is 4.98 Å². The topological polar surface area (TPSA) is 55.2 Å². The molecule has 0 saturated heterocycles. The molecular formula is C17H17N3O2S2. The van der Waals surface area contributed by atoms with Crippen molar-refractivity contribution in [3.63, 3.8) is 0 Å². The average molecular weight is 359 g/mol. The van der Waals surface area contributed by atoms with E-state index in [1.54, 1.807) is 11.9 Å². The smallest absolute Gasteiger partial charge is 0.271 e. The van der Waals surface area contributed by atoms with Crippen LogP contribution in [0.25, 0.3) is 10.2 Å². The molecule has 0 unspecified atom stereocenters. The Morgan fingerprint density at radius 3 is 2.75 bits per heavy atom. The summed E-state index contributed by atoms with van der Waals surface area (Å²) in [5.41, 5.74) is 1.49. The molecule has 1 amide bonds. The summed E-state index contributed by atoms with van der Waals surface area (Å²) in [6, 6.07) is 11.4. The molecule has 0 aliphatic carbocycles. The number of benzene rings is 1. The van der Waals surface area contributed by atoms with Gasteiger partial charge in [-0.1, -0.05) is 30.0 Å². The number of thiophene rings is 1. The number of hydrogen-bond acceptors (Lipinski definition) is 5. The highest BCUT2D eigenvalue weighted by Gasteiger charge is 2.16. The molecule has 2 heterocycles. The van der Waals surface area contributed by atoms with Gasteiger partial charge in [-0.15, -0.1) is 11.3 Å². The van der Waals surface area contributed by atoms with Gasteiger partial charge in [0.15, 0.2) is 5.16 Å². The maximum absolute atomic E-state index is 12.5. The number of anilines is 1. The molecule has 124 valence electrons. The number of rotatable bonds is 5. The number of amides is 1. The van der Waals surface area contributed by atoms with E-state index < -0.39 is 0 Å². The maximum atomic E-state index is 12.5. The molecule has 0 aliphatic rings. The molecule has 0 atom stereocenters. The van der Waals surface area contributed by atoms with Crippen LogP contribution in [0.1, 0.15) is 6.92 Å². The largest absolute Gasteiger partial charge is 0.312 e. The lowest BCUT2D eigenvalue weighted by atomic mass is 10.3. The predicted octanol–water partition coefficient (Wildman–Crippen LogP) is 3.14. The standard InChI is InChI=1S/C17H17N3O2S2/c1-3-20(12-7-5-4-6-8-12)14(21)11-24-17-18-13-9-10-23-15(13)16(22)19(17)2/h4-10H,3,11H2,1-2H3. The molecular weight excluding hydrogens is 342 g/mol. The number of fused-ring (bicyclic) bond motifs is 1. The second-order valence-corrected chi connectivity index (χ2v) is 7.01. The number of nitrogens with zero attached hydrogens (tertiary/aromatic N) is 3. The lowest BCUT2D eigenvalue weighted by molar-refractivity contribution is -0.116. The third-order valence-electron chi connectivity index (χ3n) is 3.66. The van der Waals surface area contributed by atoms with Crippen molar-refractivity contribution in [2.45, 2.75) is 12.1 Å². The summed E-state index contributed by atoms with van der Waals surface area (Å²) in [6.45, 7) is 2.54. The molecule has 5 nitrogen and oxygen atoms in total. The van der Waals surface area contributed by atoms with Crippen molar-refractivity contribution in [2.24, 2.45) is 7.05 Å². The summed E-state index contributed by atoms with van der Waals surface area (Å²) in [7, 11) is 1.69. The van der Waals surface area contributed by atoms with Gasteiger partial charge in [0.2, 0.25) is 5.91 Å². The van der Waals surface area contributed by atoms with Crippen molar-refractivity contribution in [1.82, 2.24) is 9.55 Å². The average Bonchev–Trinajstić information content (AvgIpc) is 3.07. The Labute approximate surface area is 147 Å². The lowest BCUT2D eigenvalue weighted by Gasteiger charge is -2.20. The Morgan fingerprint density at radius 2 is 2.04 bits per heavy atom. The first-order chi connectivity index (χ1) is 11.6. The summed E-state index contributed by atoms with van der Waals surface area (Å²) >= 11 is 2.68. The molecule has 0 bridgehead atoms. The van der Waals surface area contributed by atoms with E-state index in [-0.39, 0.29) is 17.2 Å². The predicted molar refractivity (Wildman–Crippen MR) is 100 cm³/mol. The SMILES string of the molecule is CCN(C(=O)CSc1nc2ccsc2c(=O)n1C)c1ccccc1.